The molecule has 0 aliphatic carbocycles. The Kier molecular flexibility index (Phi) is 4.86. The first-order valence-corrected chi connectivity index (χ1v) is 8.13. The van der Waals surface area contributed by atoms with E-state index in [2.05, 4.69) is 48.4 Å². The van der Waals surface area contributed by atoms with Gasteiger partial charge in [0.25, 0.3) is 0 Å². The van der Waals surface area contributed by atoms with E-state index in [-0.39, 0.29) is 6.04 Å². The van der Waals surface area contributed by atoms with Crippen LogP contribution >= 0.6 is 0 Å². The quantitative estimate of drug-likeness (QED) is 0.740. The minimum Gasteiger partial charge on any atom is -0.493 e. The van der Waals surface area contributed by atoms with Gasteiger partial charge < -0.3 is 19.2 Å². The zero-order valence-corrected chi connectivity index (χ0v) is 15.3. The lowest BCUT2D eigenvalue weighted by Gasteiger charge is -2.26. The highest BCUT2D eigenvalue weighted by atomic mass is 16.5. The molecular formula is C20H24N2O3. The van der Waals surface area contributed by atoms with Crippen molar-refractivity contribution in [1.82, 2.24) is 9.88 Å². The Labute approximate surface area is 148 Å². The van der Waals surface area contributed by atoms with Gasteiger partial charge in [-0.25, -0.2) is 0 Å². The van der Waals surface area contributed by atoms with E-state index in [4.69, 9.17) is 14.2 Å². The Balaban J connectivity index is 2.19. The number of hydrogen-bond acceptors (Lipinski definition) is 4. The lowest BCUT2D eigenvalue weighted by Crippen LogP contribution is -2.21. The topological polar surface area (TPSA) is 46.7 Å². The van der Waals surface area contributed by atoms with Crippen LogP contribution in [0.25, 0.3) is 10.9 Å². The second kappa shape index (κ2) is 7.07. The summed E-state index contributed by atoms with van der Waals surface area (Å²) in [5.41, 5.74) is 3.40. The summed E-state index contributed by atoms with van der Waals surface area (Å²) in [6.45, 7) is 0. The lowest BCUT2D eigenvalue weighted by molar-refractivity contribution is 0.316. The Bertz CT molecular complexity index is 845. The number of ether oxygens (including phenoxy) is 3. The predicted octanol–water partition coefficient (Wildman–Crippen LogP) is 3.84. The normalized spacial score (nSPS) is 12.4. The van der Waals surface area contributed by atoms with Crippen LogP contribution in [0, 0.1) is 0 Å². The minimum absolute atomic E-state index is 0.0462. The molecule has 0 aliphatic rings. The van der Waals surface area contributed by atoms with Crippen molar-refractivity contribution in [3.63, 3.8) is 0 Å². The van der Waals surface area contributed by atoms with Crippen molar-refractivity contribution in [3.05, 3.63) is 53.7 Å². The van der Waals surface area contributed by atoms with E-state index in [9.17, 15) is 0 Å². The van der Waals surface area contributed by atoms with Gasteiger partial charge in [0.15, 0.2) is 11.5 Å². The molecule has 5 nitrogen and oxygen atoms in total. The maximum absolute atomic E-state index is 5.52. The van der Waals surface area contributed by atoms with Crippen LogP contribution in [0.1, 0.15) is 17.2 Å². The number of nitrogens with zero attached hydrogens (tertiary/aromatic N) is 1. The third kappa shape index (κ3) is 3.03. The standard InChI is InChI=1S/C20H24N2O3/c1-22(2)19(15-12-21-16-9-7-6-8-14(15)16)13-10-17(23-3)20(25-5)18(11-13)24-4/h6-12,19,21H,1-5H3. The third-order valence-electron chi connectivity index (χ3n) is 4.44. The number of nitrogens with one attached hydrogen (secondary N) is 1. The molecule has 5 heteroatoms. The second-order valence-electron chi connectivity index (χ2n) is 6.11. The van der Waals surface area contributed by atoms with Crippen LogP contribution in [0.4, 0.5) is 0 Å². The first-order valence-electron chi connectivity index (χ1n) is 8.13. The van der Waals surface area contributed by atoms with Gasteiger partial charge in [0.2, 0.25) is 5.75 Å². The minimum atomic E-state index is 0.0462. The molecule has 3 aromatic rings. The van der Waals surface area contributed by atoms with Crippen molar-refractivity contribution in [1.29, 1.82) is 0 Å². The molecule has 0 fully saturated rings. The van der Waals surface area contributed by atoms with Crippen LogP contribution in [0.3, 0.4) is 0 Å². The molecule has 0 spiro atoms. The van der Waals surface area contributed by atoms with Gasteiger partial charge in [-0.05, 0) is 43.4 Å². The number of methoxy groups -OCH3 is 3. The van der Waals surface area contributed by atoms with E-state index in [0.29, 0.717) is 17.2 Å². The van der Waals surface area contributed by atoms with Gasteiger partial charge >= 0.3 is 0 Å². The summed E-state index contributed by atoms with van der Waals surface area (Å²) in [5.74, 6) is 1.91. The highest BCUT2D eigenvalue weighted by Gasteiger charge is 2.24. The van der Waals surface area contributed by atoms with Gasteiger partial charge in [-0.15, -0.1) is 0 Å². The van der Waals surface area contributed by atoms with E-state index in [1.165, 1.54) is 10.9 Å². The number of aromatic nitrogens is 1. The van der Waals surface area contributed by atoms with Gasteiger partial charge in [-0.2, -0.15) is 0 Å². The summed E-state index contributed by atoms with van der Waals surface area (Å²) in [7, 11) is 9.02. The summed E-state index contributed by atoms with van der Waals surface area (Å²) < 4.78 is 16.5. The van der Waals surface area contributed by atoms with E-state index in [1.54, 1.807) is 21.3 Å². The SMILES string of the molecule is COc1cc(C(c2c[nH]c3ccccc23)N(C)C)cc(OC)c1OC. The summed E-state index contributed by atoms with van der Waals surface area (Å²) in [6.07, 6.45) is 2.07. The fourth-order valence-corrected chi connectivity index (χ4v) is 3.34. The molecule has 0 amide bonds. The van der Waals surface area contributed by atoms with Gasteiger partial charge in [-0.1, -0.05) is 18.2 Å². The molecule has 3 rings (SSSR count). The molecule has 132 valence electrons. The first-order chi connectivity index (χ1) is 12.1. The van der Waals surface area contributed by atoms with Crippen molar-refractivity contribution >= 4 is 10.9 Å². The fourth-order valence-electron chi connectivity index (χ4n) is 3.34. The van der Waals surface area contributed by atoms with Gasteiger partial charge in [0.1, 0.15) is 0 Å². The van der Waals surface area contributed by atoms with Crippen LogP contribution < -0.4 is 14.2 Å². The Morgan fingerprint density at radius 2 is 1.56 bits per heavy atom. The van der Waals surface area contributed by atoms with Crippen LogP contribution in [0.15, 0.2) is 42.6 Å². The number of aromatic amines is 1. The number of rotatable bonds is 6. The monoisotopic (exact) mass is 340 g/mol. The number of fused-ring (bicyclic) bond motifs is 1. The smallest absolute Gasteiger partial charge is 0.203 e. The van der Waals surface area contributed by atoms with Crippen LogP contribution in [-0.4, -0.2) is 45.3 Å². The Hall–Kier alpha value is -2.66. The van der Waals surface area contributed by atoms with E-state index in [0.717, 1.165) is 11.1 Å². The van der Waals surface area contributed by atoms with Crippen molar-refractivity contribution in [2.24, 2.45) is 0 Å². The average molecular weight is 340 g/mol. The summed E-state index contributed by atoms with van der Waals surface area (Å²) >= 11 is 0. The van der Waals surface area contributed by atoms with Crippen molar-refractivity contribution < 1.29 is 14.2 Å². The average Bonchev–Trinajstić information content (AvgIpc) is 3.04. The van der Waals surface area contributed by atoms with Crippen LogP contribution in [0.2, 0.25) is 0 Å². The number of hydrogen-bond donors (Lipinski definition) is 1. The van der Waals surface area contributed by atoms with Crippen LogP contribution in [-0.2, 0) is 0 Å². The summed E-state index contributed by atoms with van der Waals surface area (Å²) in [5, 5.41) is 1.20. The zero-order chi connectivity index (χ0) is 18.0. The highest BCUT2D eigenvalue weighted by molar-refractivity contribution is 5.84. The molecule has 1 heterocycles. The molecule has 2 aromatic carbocycles. The molecule has 0 radical (unpaired) electrons. The molecule has 25 heavy (non-hydrogen) atoms. The first kappa shape index (κ1) is 17.2. The molecule has 1 unspecified atom stereocenters. The second-order valence-corrected chi connectivity index (χ2v) is 6.11. The van der Waals surface area contributed by atoms with Crippen LogP contribution in [0.5, 0.6) is 17.2 Å². The molecule has 0 aliphatic heterocycles. The maximum Gasteiger partial charge on any atom is 0.203 e. The molecule has 0 saturated heterocycles. The lowest BCUT2D eigenvalue weighted by atomic mass is 9.96. The molecule has 1 atom stereocenters. The van der Waals surface area contributed by atoms with Gasteiger partial charge in [0.05, 0.1) is 27.4 Å². The fraction of sp³-hybridized carbons (Fsp3) is 0.300. The van der Waals surface area contributed by atoms with Crippen molar-refractivity contribution in [2.75, 3.05) is 35.4 Å². The van der Waals surface area contributed by atoms with E-state index >= 15 is 0 Å². The van der Waals surface area contributed by atoms with Gasteiger partial charge in [-0.3, -0.25) is 4.90 Å². The molecule has 1 N–H and O–H groups in total. The zero-order valence-electron chi connectivity index (χ0n) is 15.3. The Morgan fingerprint density at radius 1 is 0.920 bits per heavy atom. The van der Waals surface area contributed by atoms with E-state index < -0.39 is 0 Å². The molecule has 1 aromatic heterocycles. The highest BCUT2D eigenvalue weighted by Crippen LogP contribution is 2.42. The molecule has 0 bridgehead atoms. The largest absolute Gasteiger partial charge is 0.493 e. The van der Waals surface area contributed by atoms with Crippen molar-refractivity contribution in [3.8, 4) is 17.2 Å². The number of para-hydroxylation sites is 1. The van der Waals surface area contributed by atoms with Crippen molar-refractivity contribution in [2.45, 2.75) is 6.04 Å². The molecular weight excluding hydrogens is 316 g/mol. The number of H-pyrrole nitrogens is 1. The Morgan fingerprint density at radius 3 is 2.12 bits per heavy atom. The maximum atomic E-state index is 5.52. The predicted molar refractivity (Wildman–Crippen MR) is 99.9 cm³/mol. The molecule has 0 saturated carbocycles. The summed E-state index contributed by atoms with van der Waals surface area (Å²) in [6, 6.07) is 12.4. The number of benzene rings is 2. The van der Waals surface area contributed by atoms with E-state index in [1.807, 2.05) is 18.2 Å². The third-order valence-corrected chi connectivity index (χ3v) is 4.44. The van der Waals surface area contributed by atoms with Gasteiger partial charge in [0, 0.05) is 17.1 Å². The summed E-state index contributed by atoms with van der Waals surface area (Å²) in [4.78, 5) is 5.54.